The summed E-state index contributed by atoms with van der Waals surface area (Å²) >= 11 is 0. The lowest BCUT2D eigenvalue weighted by Gasteiger charge is -2.11. The fourth-order valence-corrected chi connectivity index (χ4v) is 8.46. The monoisotopic (exact) mass is 768 g/mol. The standard InChI is InChI=1S/C53H32N6O/c1-2-9-36(10-3-1)51-57-52(59-53(58-51)38-27-21-34(22-28-38)39-13-8-14-41-40-11-5-7-16-46(40)60-50(39)41)37-25-19-33(20-26-37)32-17-23-35(24-18-32)48-43-29-30-45-49(55-31-54-45)47(43)42-12-4-6-15-44(42)56-48/h1-30H,31H2. The number of pyridine rings is 1. The zero-order valence-corrected chi connectivity index (χ0v) is 32.1. The molecule has 4 heterocycles. The highest BCUT2D eigenvalue weighted by Crippen LogP contribution is 2.37. The van der Waals surface area contributed by atoms with E-state index >= 15 is 0 Å². The van der Waals surface area contributed by atoms with E-state index in [1.165, 1.54) is 0 Å². The van der Waals surface area contributed by atoms with Gasteiger partial charge in [-0.2, -0.15) is 0 Å². The van der Waals surface area contributed by atoms with E-state index in [-0.39, 0.29) is 0 Å². The molecule has 0 saturated carbocycles. The fourth-order valence-electron chi connectivity index (χ4n) is 8.46. The van der Waals surface area contributed by atoms with Crippen molar-refractivity contribution in [2.75, 3.05) is 6.67 Å². The second kappa shape index (κ2) is 13.7. The van der Waals surface area contributed by atoms with Crippen molar-refractivity contribution in [2.24, 2.45) is 9.98 Å². The Morgan fingerprint density at radius 2 is 0.933 bits per heavy atom. The molecule has 280 valence electrons. The van der Waals surface area contributed by atoms with E-state index in [1.54, 1.807) is 0 Å². The Kier molecular flexibility index (Phi) is 7.78. The average molecular weight is 769 g/mol. The van der Waals surface area contributed by atoms with Crippen LogP contribution < -0.4 is 10.7 Å². The third kappa shape index (κ3) is 5.67. The molecular weight excluding hydrogens is 737 g/mol. The number of aromatic nitrogens is 4. The van der Waals surface area contributed by atoms with Gasteiger partial charge in [-0.3, -0.25) is 9.98 Å². The Balaban J connectivity index is 0.879. The van der Waals surface area contributed by atoms with E-state index in [0.717, 1.165) is 105 Å². The number of para-hydroxylation sites is 3. The van der Waals surface area contributed by atoms with Crippen LogP contribution in [0.2, 0.25) is 0 Å². The number of furan rings is 1. The number of benzene rings is 8. The maximum Gasteiger partial charge on any atom is 0.164 e. The number of nitrogens with zero attached hydrogens (tertiary/aromatic N) is 6. The van der Waals surface area contributed by atoms with Crippen LogP contribution in [0.5, 0.6) is 0 Å². The molecular formula is C53H32N6O. The van der Waals surface area contributed by atoms with Gasteiger partial charge in [0.1, 0.15) is 17.8 Å². The Morgan fingerprint density at radius 1 is 0.367 bits per heavy atom. The summed E-state index contributed by atoms with van der Waals surface area (Å²) in [5, 5.41) is 7.40. The molecule has 7 heteroatoms. The van der Waals surface area contributed by atoms with Gasteiger partial charge < -0.3 is 4.42 Å². The Bertz CT molecular complexity index is 3600. The normalized spacial score (nSPS) is 12.2. The van der Waals surface area contributed by atoms with E-state index in [2.05, 4.69) is 132 Å². The second-order valence-electron chi connectivity index (χ2n) is 15.0. The predicted molar refractivity (Wildman–Crippen MR) is 240 cm³/mol. The molecule has 11 aromatic rings. The molecule has 8 aromatic carbocycles. The van der Waals surface area contributed by atoms with Gasteiger partial charge in [0.05, 0.1) is 21.9 Å². The van der Waals surface area contributed by atoms with Crippen molar-refractivity contribution in [3.63, 3.8) is 0 Å². The lowest BCUT2D eigenvalue weighted by atomic mass is 9.97. The molecule has 0 spiro atoms. The average Bonchev–Trinajstić information content (AvgIpc) is 3.97. The van der Waals surface area contributed by atoms with Gasteiger partial charge in [-0.15, -0.1) is 0 Å². The highest BCUT2D eigenvalue weighted by Gasteiger charge is 2.17. The summed E-state index contributed by atoms with van der Waals surface area (Å²) in [7, 11) is 0. The quantitative estimate of drug-likeness (QED) is 0.157. The van der Waals surface area contributed by atoms with Crippen molar-refractivity contribution in [1.29, 1.82) is 0 Å². The van der Waals surface area contributed by atoms with Crippen LogP contribution in [0.25, 0.3) is 111 Å². The van der Waals surface area contributed by atoms with E-state index in [4.69, 9.17) is 29.3 Å². The van der Waals surface area contributed by atoms with Crippen molar-refractivity contribution in [3.8, 4) is 67.7 Å². The molecule has 0 aliphatic carbocycles. The molecule has 0 bridgehead atoms. The molecule has 0 saturated heterocycles. The second-order valence-corrected chi connectivity index (χ2v) is 15.0. The molecule has 60 heavy (non-hydrogen) atoms. The fraction of sp³-hybridized carbons (Fsp3) is 0.0189. The molecule has 12 rings (SSSR count). The summed E-state index contributed by atoms with van der Waals surface area (Å²) in [6.45, 7) is 0.466. The minimum atomic E-state index is 0.466. The van der Waals surface area contributed by atoms with Crippen molar-refractivity contribution in [2.45, 2.75) is 0 Å². The van der Waals surface area contributed by atoms with Crippen LogP contribution in [0.3, 0.4) is 0 Å². The third-order valence-corrected chi connectivity index (χ3v) is 11.4. The summed E-state index contributed by atoms with van der Waals surface area (Å²) in [5.41, 5.74) is 11.7. The summed E-state index contributed by atoms with van der Waals surface area (Å²) in [6.07, 6.45) is 0. The molecule has 0 unspecified atom stereocenters. The molecule has 7 nitrogen and oxygen atoms in total. The maximum absolute atomic E-state index is 6.34. The smallest absolute Gasteiger partial charge is 0.164 e. The van der Waals surface area contributed by atoms with E-state index < -0.39 is 0 Å². The van der Waals surface area contributed by atoms with Crippen molar-refractivity contribution >= 4 is 43.6 Å². The lowest BCUT2D eigenvalue weighted by Crippen LogP contribution is -2.22. The van der Waals surface area contributed by atoms with Crippen molar-refractivity contribution in [1.82, 2.24) is 19.9 Å². The van der Waals surface area contributed by atoms with Gasteiger partial charge in [-0.05, 0) is 41.0 Å². The number of fused-ring (bicyclic) bond motifs is 8. The van der Waals surface area contributed by atoms with Gasteiger partial charge in [0.15, 0.2) is 17.5 Å². The van der Waals surface area contributed by atoms with Gasteiger partial charge in [-0.1, -0.05) is 158 Å². The van der Waals surface area contributed by atoms with Crippen LogP contribution in [-0.2, 0) is 0 Å². The minimum Gasteiger partial charge on any atom is -0.455 e. The van der Waals surface area contributed by atoms with Crippen LogP contribution in [0.1, 0.15) is 0 Å². The first-order chi connectivity index (χ1) is 29.7. The topological polar surface area (TPSA) is 89.4 Å². The molecule has 1 aliphatic rings. The molecule has 0 atom stereocenters. The number of hydrogen-bond acceptors (Lipinski definition) is 7. The predicted octanol–water partition coefficient (Wildman–Crippen LogP) is 11.7. The van der Waals surface area contributed by atoms with Gasteiger partial charge in [-0.25, -0.2) is 19.9 Å². The van der Waals surface area contributed by atoms with Crippen LogP contribution in [0.15, 0.2) is 196 Å². The first-order valence-corrected chi connectivity index (χ1v) is 20.0. The van der Waals surface area contributed by atoms with Gasteiger partial charge >= 0.3 is 0 Å². The van der Waals surface area contributed by atoms with E-state index in [0.29, 0.717) is 24.1 Å². The summed E-state index contributed by atoms with van der Waals surface area (Å²) in [5.74, 6) is 1.83. The number of hydrogen-bond donors (Lipinski definition) is 0. The van der Waals surface area contributed by atoms with Crippen LogP contribution in [0, 0.1) is 0 Å². The minimum absolute atomic E-state index is 0.466. The molecule has 0 fully saturated rings. The highest BCUT2D eigenvalue weighted by molar-refractivity contribution is 6.11. The first kappa shape index (κ1) is 33.9. The summed E-state index contributed by atoms with van der Waals surface area (Å²) in [4.78, 5) is 29.5. The Hall–Kier alpha value is -8.16. The van der Waals surface area contributed by atoms with Crippen molar-refractivity contribution in [3.05, 3.63) is 193 Å². The zero-order chi connectivity index (χ0) is 39.6. The zero-order valence-electron chi connectivity index (χ0n) is 32.1. The van der Waals surface area contributed by atoms with E-state index in [1.807, 2.05) is 54.6 Å². The van der Waals surface area contributed by atoms with Gasteiger partial charge in [0, 0.05) is 54.7 Å². The van der Waals surface area contributed by atoms with Crippen LogP contribution in [-0.4, -0.2) is 26.6 Å². The Labute approximate surface area is 343 Å². The highest BCUT2D eigenvalue weighted by atomic mass is 16.3. The van der Waals surface area contributed by atoms with Crippen LogP contribution in [0.4, 0.5) is 0 Å². The summed E-state index contributed by atoms with van der Waals surface area (Å²) < 4.78 is 6.34. The molecule has 0 amide bonds. The maximum atomic E-state index is 6.34. The van der Waals surface area contributed by atoms with Gasteiger partial charge in [0.25, 0.3) is 0 Å². The molecule has 3 aromatic heterocycles. The SMILES string of the molecule is c1ccc(-c2nc(-c3ccc(-c4ccc(-c5nc6ccccc6c6c7c(ccc56)=NCN=7)cc4)cc3)nc(-c3ccc(-c4cccc5c4oc4ccccc45)cc3)n2)cc1. The Morgan fingerprint density at radius 3 is 1.65 bits per heavy atom. The molecule has 1 aliphatic heterocycles. The first-order valence-electron chi connectivity index (χ1n) is 20.0. The number of rotatable bonds is 6. The third-order valence-electron chi connectivity index (χ3n) is 11.4. The van der Waals surface area contributed by atoms with Gasteiger partial charge in [0.2, 0.25) is 0 Å². The van der Waals surface area contributed by atoms with Crippen LogP contribution >= 0.6 is 0 Å². The lowest BCUT2D eigenvalue weighted by molar-refractivity contribution is 0.670. The largest absolute Gasteiger partial charge is 0.455 e. The summed E-state index contributed by atoms with van der Waals surface area (Å²) in [6, 6.07) is 62.4. The molecule has 0 radical (unpaired) electrons. The van der Waals surface area contributed by atoms with Crippen molar-refractivity contribution < 1.29 is 4.42 Å². The van der Waals surface area contributed by atoms with E-state index in [9.17, 15) is 0 Å². The molecule has 0 N–H and O–H groups in total.